The van der Waals surface area contributed by atoms with Gasteiger partial charge in [0.15, 0.2) is 0 Å². The van der Waals surface area contributed by atoms with E-state index in [1.807, 2.05) is 17.2 Å². The first kappa shape index (κ1) is 16.7. The number of carbonyl (C=O) groups is 1. The molecule has 1 aliphatic heterocycles. The molecular weight excluding hydrogens is 302 g/mol. The average molecular weight is 327 g/mol. The van der Waals surface area contributed by atoms with E-state index >= 15 is 0 Å². The fraction of sp³-hybridized carbons (Fsp3) is 0.474. The fourth-order valence-electron chi connectivity index (χ4n) is 3.42. The molecule has 0 aliphatic carbocycles. The largest absolute Gasteiger partial charge is 0.383 e. The van der Waals surface area contributed by atoms with Crippen LogP contribution in [0.1, 0.15) is 31.0 Å². The smallest absolute Gasteiger partial charge is 0.222 e. The van der Waals surface area contributed by atoms with E-state index < -0.39 is 0 Å². The number of piperidine rings is 1. The highest BCUT2D eigenvalue weighted by atomic mass is 16.5. The van der Waals surface area contributed by atoms with Crippen LogP contribution in [0.15, 0.2) is 42.9 Å². The van der Waals surface area contributed by atoms with E-state index in [4.69, 9.17) is 4.74 Å². The van der Waals surface area contributed by atoms with Crippen LogP contribution in [0, 0.1) is 0 Å². The van der Waals surface area contributed by atoms with Gasteiger partial charge in [0.25, 0.3) is 0 Å². The van der Waals surface area contributed by atoms with Crippen molar-refractivity contribution in [1.82, 2.24) is 14.5 Å². The fourth-order valence-corrected chi connectivity index (χ4v) is 3.42. The minimum absolute atomic E-state index is 0.00650. The second kappa shape index (κ2) is 7.18. The molecule has 3 rings (SSSR count). The first-order valence-corrected chi connectivity index (χ1v) is 8.44. The van der Waals surface area contributed by atoms with Crippen molar-refractivity contribution in [3.05, 3.63) is 54.1 Å². The highest BCUT2D eigenvalue weighted by Crippen LogP contribution is 2.34. The maximum atomic E-state index is 12.4. The molecule has 128 valence electrons. The third kappa shape index (κ3) is 3.51. The molecule has 1 fully saturated rings. The summed E-state index contributed by atoms with van der Waals surface area (Å²) < 4.78 is 7.20. The molecule has 1 aliphatic rings. The molecule has 0 saturated carbocycles. The van der Waals surface area contributed by atoms with Crippen molar-refractivity contribution in [3.8, 4) is 0 Å². The first-order chi connectivity index (χ1) is 11.6. The minimum atomic E-state index is 0.00650. The zero-order valence-corrected chi connectivity index (χ0v) is 14.4. The molecule has 1 amide bonds. The molecule has 0 radical (unpaired) electrons. The van der Waals surface area contributed by atoms with Crippen LogP contribution in [-0.2, 0) is 28.0 Å². The molecule has 2 aromatic rings. The zero-order chi connectivity index (χ0) is 17.0. The van der Waals surface area contributed by atoms with E-state index in [0.29, 0.717) is 19.6 Å². The lowest BCUT2D eigenvalue weighted by Crippen LogP contribution is -2.47. The number of aromatic nitrogens is 2. The number of hydrogen-bond donors (Lipinski definition) is 0. The molecule has 0 spiro atoms. The Balaban J connectivity index is 1.75. The second-order valence-electron chi connectivity index (χ2n) is 6.75. The molecule has 2 heterocycles. The summed E-state index contributed by atoms with van der Waals surface area (Å²) in [5.41, 5.74) is 2.36. The summed E-state index contributed by atoms with van der Waals surface area (Å²) >= 11 is 0. The van der Waals surface area contributed by atoms with Crippen LogP contribution in [0.5, 0.6) is 0 Å². The van der Waals surface area contributed by atoms with Gasteiger partial charge in [-0.1, -0.05) is 37.3 Å². The van der Waals surface area contributed by atoms with Crippen molar-refractivity contribution in [3.63, 3.8) is 0 Å². The lowest BCUT2D eigenvalue weighted by molar-refractivity contribution is -0.136. The number of likely N-dealkylation sites (tertiary alicyclic amines) is 1. The molecule has 5 nitrogen and oxygen atoms in total. The molecule has 0 bridgehead atoms. The zero-order valence-electron chi connectivity index (χ0n) is 14.4. The Kier molecular flexibility index (Phi) is 5.00. The summed E-state index contributed by atoms with van der Waals surface area (Å²) in [7, 11) is 1.69. The molecule has 1 unspecified atom stereocenters. The predicted octanol–water partition coefficient (Wildman–Crippen LogP) is 2.61. The monoisotopic (exact) mass is 327 g/mol. The van der Waals surface area contributed by atoms with Crippen LogP contribution < -0.4 is 0 Å². The van der Waals surface area contributed by atoms with E-state index in [0.717, 1.165) is 25.2 Å². The summed E-state index contributed by atoms with van der Waals surface area (Å²) in [4.78, 5) is 18.6. The molecule has 1 atom stereocenters. The molecule has 1 saturated heterocycles. The normalized spacial score (nSPS) is 21.2. The van der Waals surface area contributed by atoms with Crippen molar-refractivity contribution in [2.75, 3.05) is 20.3 Å². The minimum Gasteiger partial charge on any atom is -0.383 e. The number of ether oxygens (including phenoxy) is 1. The Morgan fingerprint density at radius 2 is 2.08 bits per heavy atom. The van der Waals surface area contributed by atoms with Gasteiger partial charge in [-0.05, 0) is 12.0 Å². The number of carbonyl (C=O) groups excluding carboxylic acids is 1. The lowest BCUT2D eigenvalue weighted by Gasteiger charge is -2.40. The molecule has 0 N–H and O–H groups in total. The lowest BCUT2D eigenvalue weighted by atomic mass is 9.75. The van der Waals surface area contributed by atoms with Gasteiger partial charge < -0.3 is 14.2 Å². The van der Waals surface area contributed by atoms with Gasteiger partial charge in [0.2, 0.25) is 5.91 Å². The standard InChI is InChI=1S/C19H25N3O2/c1-19(16-6-4-3-5-7-16)9-8-18(23)22(14-19)13-17-12-20-15-21(17)10-11-24-2/h3-7,12,15H,8-11,13-14H2,1-2H3. The first-order valence-electron chi connectivity index (χ1n) is 8.44. The van der Waals surface area contributed by atoms with Crippen molar-refractivity contribution >= 4 is 5.91 Å². The molecule has 1 aromatic heterocycles. The van der Waals surface area contributed by atoms with Gasteiger partial charge in [-0.2, -0.15) is 0 Å². The molecule has 24 heavy (non-hydrogen) atoms. The van der Waals surface area contributed by atoms with Crippen molar-refractivity contribution in [2.45, 2.75) is 38.3 Å². The van der Waals surface area contributed by atoms with Crippen LogP contribution in [0.3, 0.4) is 0 Å². The van der Waals surface area contributed by atoms with Gasteiger partial charge in [0.1, 0.15) is 0 Å². The SMILES string of the molecule is COCCn1cncc1CN1CC(C)(c2ccccc2)CCC1=O. The van der Waals surface area contributed by atoms with Gasteiger partial charge in [-0.3, -0.25) is 4.79 Å². The summed E-state index contributed by atoms with van der Waals surface area (Å²) in [5.74, 6) is 0.225. The maximum Gasteiger partial charge on any atom is 0.222 e. The summed E-state index contributed by atoms with van der Waals surface area (Å²) in [6, 6.07) is 10.5. The number of amides is 1. The molecule has 5 heteroatoms. The third-order valence-corrected chi connectivity index (χ3v) is 4.94. The Labute approximate surface area is 143 Å². The van der Waals surface area contributed by atoms with Crippen molar-refractivity contribution in [1.29, 1.82) is 0 Å². The van der Waals surface area contributed by atoms with E-state index in [1.54, 1.807) is 13.4 Å². The number of benzene rings is 1. The number of nitrogens with zero attached hydrogens (tertiary/aromatic N) is 3. The summed E-state index contributed by atoms with van der Waals surface area (Å²) in [6.45, 7) is 4.99. The van der Waals surface area contributed by atoms with Crippen molar-refractivity contribution in [2.24, 2.45) is 0 Å². The van der Waals surface area contributed by atoms with Crippen LogP contribution in [0.4, 0.5) is 0 Å². The van der Waals surface area contributed by atoms with Crippen molar-refractivity contribution < 1.29 is 9.53 Å². The van der Waals surface area contributed by atoms with E-state index in [1.165, 1.54) is 5.56 Å². The van der Waals surface area contributed by atoms with E-state index in [9.17, 15) is 4.79 Å². The number of methoxy groups -OCH3 is 1. The molecule has 1 aromatic carbocycles. The number of rotatable bonds is 6. The average Bonchev–Trinajstić information content (AvgIpc) is 3.04. The Bertz CT molecular complexity index is 683. The van der Waals surface area contributed by atoms with Crippen LogP contribution in [-0.4, -0.2) is 40.6 Å². The number of imidazole rings is 1. The van der Waals surface area contributed by atoms with Gasteiger partial charge in [-0.15, -0.1) is 0 Å². The Morgan fingerprint density at radius 3 is 2.83 bits per heavy atom. The quantitative estimate of drug-likeness (QED) is 0.819. The topological polar surface area (TPSA) is 47.4 Å². The summed E-state index contributed by atoms with van der Waals surface area (Å²) in [6.07, 6.45) is 5.14. The summed E-state index contributed by atoms with van der Waals surface area (Å²) in [5, 5.41) is 0. The van der Waals surface area contributed by atoms with E-state index in [-0.39, 0.29) is 11.3 Å². The predicted molar refractivity (Wildman–Crippen MR) is 92.5 cm³/mol. The number of hydrogen-bond acceptors (Lipinski definition) is 3. The highest BCUT2D eigenvalue weighted by Gasteiger charge is 2.36. The maximum absolute atomic E-state index is 12.4. The molecular formula is C19H25N3O2. The highest BCUT2D eigenvalue weighted by molar-refractivity contribution is 5.77. The Morgan fingerprint density at radius 1 is 1.29 bits per heavy atom. The van der Waals surface area contributed by atoms with Crippen LogP contribution in [0.2, 0.25) is 0 Å². The van der Waals surface area contributed by atoms with Crippen LogP contribution in [0.25, 0.3) is 0 Å². The van der Waals surface area contributed by atoms with Gasteiger partial charge in [0, 0.05) is 38.2 Å². The second-order valence-corrected chi connectivity index (χ2v) is 6.75. The van der Waals surface area contributed by atoms with Crippen LogP contribution >= 0.6 is 0 Å². The van der Waals surface area contributed by atoms with E-state index in [2.05, 4.69) is 40.7 Å². The third-order valence-electron chi connectivity index (χ3n) is 4.94. The van der Waals surface area contributed by atoms with Gasteiger partial charge in [0.05, 0.1) is 25.2 Å². The van der Waals surface area contributed by atoms with Gasteiger partial charge >= 0.3 is 0 Å². The van der Waals surface area contributed by atoms with Gasteiger partial charge in [-0.25, -0.2) is 4.98 Å². The Hall–Kier alpha value is -2.14.